The van der Waals surface area contributed by atoms with E-state index in [1.807, 2.05) is 54.3 Å². The maximum Gasteiger partial charge on any atom is 0.255 e. The van der Waals surface area contributed by atoms with Crippen LogP contribution < -0.4 is 0 Å². The number of aromatic nitrogens is 1. The molecule has 0 spiro atoms. The number of aryl methyl sites for hydroxylation is 1. The number of hydrogen-bond donors (Lipinski definition) is 0. The molecule has 5 nitrogen and oxygen atoms in total. The van der Waals surface area contributed by atoms with Crippen molar-refractivity contribution in [1.82, 2.24) is 14.8 Å². The molecule has 2 amide bonds. The van der Waals surface area contributed by atoms with E-state index in [1.54, 1.807) is 19.0 Å². The molecule has 26 heavy (non-hydrogen) atoms. The molecule has 0 unspecified atom stereocenters. The number of carbonyl (C=O) groups is 2. The standard InChI is InChI=1S/C21H25N3O2/c1-15-9-10-18(21(26)23(2)3)19(22-15)16-11-13-24(14-12-16)20(25)17-7-5-4-6-8-17/h4-10,16H,11-14H2,1-3H3. The Kier molecular flexibility index (Phi) is 5.35. The Bertz CT molecular complexity index is 794. The molecule has 1 aliphatic heterocycles. The first-order valence-corrected chi connectivity index (χ1v) is 9.01. The number of piperidine rings is 1. The molecular formula is C21H25N3O2. The molecule has 1 fully saturated rings. The quantitative estimate of drug-likeness (QED) is 0.854. The number of benzene rings is 1. The maximum absolute atomic E-state index is 12.6. The van der Waals surface area contributed by atoms with Crippen LogP contribution in [0.4, 0.5) is 0 Å². The lowest BCUT2D eigenvalue weighted by molar-refractivity contribution is 0.0708. The van der Waals surface area contributed by atoms with Crippen molar-refractivity contribution in [2.45, 2.75) is 25.7 Å². The van der Waals surface area contributed by atoms with Gasteiger partial charge in [-0.1, -0.05) is 18.2 Å². The minimum absolute atomic E-state index is 0.0182. The molecule has 0 saturated carbocycles. The van der Waals surface area contributed by atoms with Gasteiger partial charge in [-0.25, -0.2) is 0 Å². The number of likely N-dealkylation sites (tertiary alicyclic amines) is 1. The molecule has 1 saturated heterocycles. The van der Waals surface area contributed by atoms with Gasteiger partial charge in [-0.05, 0) is 44.0 Å². The van der Waals surface area contributed by atoms with E-state index in [2.05, 4.69) is 4.98 Å². The van der Waals surface area contributed by atoms with Crippen LogP contribution in [0.2, 0.25) is 0 Å². The second-order valence-corrected chi connectivity index (χ2v) is 7.02. The molecule has 3 rings (SSSR count). The summed E-state index contributed by atoms with van der Waals surface area (Å²) in [6, 6.07) is 13.1. The van der Waals surface area contributed by atoms with Crippen LogP contribution in [0.15, 0.2) is 42.5 Å². The van der Waals surface area contributed by atoms with Gasteiger partial charge in [-0.15, -0.1) is 0 Å². The molecule has 1 aromatic carbocycles. The van der Waals surface area contributed by atoms with Crippen molar-refractivity contribution < 1.29 is 9.59 Å². The summed E-state index contributed by atoms with van der Waals surface area (Å²) in [6.45, 7) is 3.31. The Hall–Kier alpha value is -2.69. The van der Waals surface area contributed by atoms with Crippen molar-refractivity contribution in [1.29, 1.82) is 0 Å². The lowest BCUT2D eigenvalue weighted by Gasteiger charge is -2.32. The second kappa shape index (κ2) is 7.68. The minimum Gasteiger partial charge on any atom is -0.345 e. The molecule has 2 heterocycles. The van der Waals surface area contributed by atoms with Gasteiger partial charge in [0.15, 0.2) is 0 Å². The van der Waals surface area contributed by atoms with Crippen LogP contribution >= 0.6 is 0 Å². The van der Waals surface area contributed by atoms with E-state index in [0.29, 0.717) is 18.7 Å². The Balaban J connectivity index is 1.75. The topological polar surface area (TPSA) is 53.5 Å². The summed E-state index contributed by atoms with van der Waals surface area (Å²) in [4.78, 5) is 33.3. The van der Waals surface area contributed by atoms with Gasteiger partial charge in [0, 0.05) is 44.4 Å². The summed E-state index contributed by atoms with van der Waals surface area (Å²) >= 11 is 0. The van der Waals surface area contributed by atoms with Crippen molar-refractivity contribution in [3.8, 4) is 0 Å². The zero-order chi connectivity index (χ0) is 18.7. The highest BCUT2D eigenvalue weighted by Gasteiger charge is 2.28. The average Bonchev–Trinajstić information content (AvgIpc) is 2.67. The molecule has 0 N–H and O–H groups in total. The third kappa shape index (κ3) is 3.77. The average molecular weight is 351 g/mol. The Labute approximate surface area is 154 Å². The molecule has 1 aromatic heterocycles. The van der Waals surface area contributed by atoms with E-state index in [-0.39, 0.29) is 17.7 Å². The molecule has 5 heteroatoms. The number of amides is 2. The molecule has 136 valence electrons. The number of carbonyl (C=O) groups excluding carboxylic acids is 2. The molecule has 2 aromatic rings. The Morgan fingerprint density at radius 1 is 1.04 bits per heavy atom. The molecule has 0 bridgehead atoms. The van der Waals surface area contributed by atoms with Crippen molar-refractivity contribution in [2.24, 2.45) is 0 Å². The summed E-state index contributed by atoms with van der Waals surface area (Å²) in [5.74, 6) is 0.259. The normalized spacial score (nSPS) is 15.0. The molecule has 0 radical (unpaired) electrons. The zero-order valence-electron chi connectivity index (χ0n) is 15.6. The van der Waals surface area contributed by atoms with Crippen molar-refractivity contribution in [3.05, 3.63) is 65.0 Å². The van der Waals surface area contributed by atoms with Crippen LogP contribution in [-0.2, 0) is 0 Å². The van der Waals surface area contributed by atoms with E-state index in [4.69, 9.17) is 0 Å². The fraction of sp³-hybridized carbons (Fsp3) is 0.381. The summed E-state index contributed by atoms with van der Waals surface area (Å²) in [5.41, 5.74) is 3.19. The van der Waals surface area contributed by atoms with Gasteiger partial charge in [0.25, 0.3) is 11.8 Å². The third-order valence-corrected chi connectivity index (χ3v) is 4.89. The summed E-state index contributed by atoms with van der Waals surface area (Å²) in [6.07, 6.45) is 1.64. The van der Waals surface area contributed by atoms with Gasteiger partial charge < -0.3 is 9.80 Å². The van der Waals surface area contributed by atoms with E-state index in [9.17, 15) is 9.59 Å². The monoisotopic (exact) mass is 351 g/mol. The number of nitrogens with zero attached hydrogens (tertiary/aromatic N) is 3. The van der Waals surface area contributed by atoms with Gasteiger partial charge in [0.1, 0.15) is 0 Å². The highest BCUT2D eigenvalue weighted by molar-refractivity contribution is 5.95. The molecule has 0 aliphatic carbocycles. The van der Waals surface area contributed by atoms with Crippen LogP contribution in [0, 0.1) is 6.92 Å². The number of rotatable bonds is 3. The fourth-order valence-corrected chi connectivity index (χ4v) is 3.43. The van der Waals surface area contributed by atoms with Gasteiger partial charge >= 0.3 is 0 Å². The maximum atomic E-state index is 12.6. The molecule has 1 aliphatic rings. The van der Waals surface area contributed by atoms with Crippen LogP contribution in [-0.4, -0.2) is 53.8 Å². The first kappa shape index (κ1) is 18.1. The third-order valence-electron chi connectivity index (χ3n) is 4.89. The van der Waals surface area contributed by atoms with E-state index in [1.165, 1.54) is 0 Å². The molecule has 0 atom stereocenters. The minimum atomic E-state index is -0.0182. The van der Waals surface area contributed by atoms with Crippen molar-refractivity contribution in [2.75, 3.05) is 27.2 Å². The lowest BCUT2D eigenvalue weighted by atomic mass is 9.89. The van der Waals surface area contributed by atoms with E-state index in [0.717, 1.165) is 29.8 Å². The first-order chi connectivity index (χ1) is 12.5. The van der Waals surface area contributed by atoms with Gasteiger partial charge in [0.05, 0.1) is 11.3 Å². The zero-order valence-corrected chi connectivity index (χ0v) is 15.6. The number of pyridine rings is 1. The van der Waals surface area contributed by atoms with E-state index < -0.39 is 0 Å². The van der Waals surface area contributed by atoms with Crippen LogP contribution in [0.5, 0.6) is 0 Å². The predicted octanol–water partition coefficient (Wildman–Crippen LogP) is 3.11. The Morgan fingerprint density at radius 2 is 1.69 bits per heavy atom. The van der Waals surface area contributed by atoms with Crippen LogP contribution in [0.3, 0.4) is 0 Å². The number of hydrogen-bond acceptors (Lipinski definition) is 3. The fourth-order valence-electron chi connectivity index (χ4n) is 3.43. The SMILES string of the molecule is Cc1ccc(C(=O)N(C)C)c(C2CCN(C(=O)c3ccccc3)CC2)n1. The van der Waals surface area contributed by atoms with Crippen LogP contribution in [0.25, 0.3) is 0 Å². The summed E-state index contributed by atoms with van der Waals surface area (Å²) in [7, 11) is 3.51. The summed E-state index contributed by atoms with van der Waals surface area (Å²) in [5, 5.41) is 0. The highest BCUT2D eigenvalue weighted by Crippen LogP contribution is 2.30. The Morgan fingerprint density at radius 3 is 2.31 bits per heavy atom. The molecular weight excluding hydrogens is 326 g/mol. The smallest absolute Gasteiger partial charge is 0.255 e. The van der Waals surface area contributed by atoms with Crippen molar-refractivity contribution in [3.63, 3.8) is 0 Å². The van der Waals surface area contributed by atoms with E-state index >= 15 is 0 Å². The second-order valence-electron chi connectivity index (χ2n) is 7.02. The van der Waals surface area contributed by atoms with Gasteiger partial charge in [0.2, 0.25) is 0 Å². The highest BCUT2D eigenvalue weighted by atomic mass is 16.2. The largest absolute Gasteiger partial charge is 0.345 e. The summed E-state index contributed by atoms with van der Waals surface area (Å²) < 4.78 is 0. The van der Waals surface area contributed by atoms with Crippen molar-refractivity contribution >= 4 is 11.8 Å². The first-order valence-electron chi connectivity index (χ1n) is 9.01. The lowest BCUT2D eigenvalue weighted by Crippen LogP contribution is -2.38. The van der Waals surface area contributed by atoms with Crippen LogP contribution in [0.1, 0.15) is 50.9 Å². The van der Waals surface area contributed by atoms with Gasteiger partial charge in [-0.3, -0.25) is 14.6 Å². The predicted molar refractivity (Wildman–Crippen MR) is 101 cm³/mol. The van der Waals surface area contributed by atoms with Gasteiger partial charge in [-0.2, -0.15) is 0 Å².